The first kappa shape index (κ1) is 23.3. The Hall–Kier alpha value is -3.39. The summed E-state index contributed by atoms with van der Waals surface area (Å²) in [5.74, 6) is -0.770. The third-order valence-corrected chi connectivity index (χ3v) is 6.24. The maximum absolute atomic E-state index is 13.6. The van der Waals surface area contributed by atoms with Gasteiger partial charge < -0.3 is 10.1 Å². The average molecular weight is 457 g/mol. The quantitative estimate of drug-likeness (QED) is 0.525. The second kappa shape index (κ2) is 9.82. The smallest absolute Gasteiger partial charge is 0.262 e. The molecular formula is C24H25FN2O4S. The van der Waals surface area contributed by atoms with Gasteiger partial charge in [-0.3, -0.25) is 9.52 Å². The van der Waals surface area contributed by atoms with Crippen LogP contribution in [0.3, 0.4) is 0 Å². The number of carbonyl (C=O) groups excluding carboxylic acids is 1. The number of para-hydroxylation sites is 1. The van der Waals surface area contributed by atoms with Gasteiger partial charge in [-0.15, -0.1) is 0 Å². The summed E-state index contributed by atoms with van der Waals surface area (Å²) in [7, 11) is -3.81. The Morgan fingerprint density at radius 3 is 2.53 bits per heavy atom. The molecule has 0 saturated carbocycles. The molecule has 1 atom stereocenters. The van der Waals surface area contributed by atoms with E-state index in [9.17, 15) is 17.6 Å². The van der Waals surface area contributed by atoms with Crippen LogP contribution in [0.15, 0.2) is 71.6 Å². The minimum absolute atomic E-state index is 0.0750. The number of sulfonamides is 1. The second-order valence-corrected chi connectivity index (χ2v) is 9.22. The zero-order valence-corrected chi connectivity index (χ0v) is 18.9. The Kier molecular flexibility index (Phi) is 7.15. The van der Waals surface area contributed by atoms with Crippen molar-refractivity contribution in [2.75, 3.05) is 11.3 Å². The van der Waals surface area contributed by atoms with E-state index < -0.39 is 27.8 Å². The van der Waals surface area contributed by atoms with Gasteiger partial charge in [0.05, 0.1) is 10.9 Å². The number of nitrogens with one attached hydrogen (secondary N) is 2. The molecule has 3 aromatic carbocycles. The molecule has 0 aliphatic heterocycles. The number of hydrogen-bond donors (Lipinski definition) is 2. The number of aryl methyl sites for hydroxylation is 2. The molecule has 1 unspecified atom stereocenters. The topological polar surface area (TPSA) is 84.5 Å². The lowest BCUT2D eigenvalue weighted by Crippen LogP contribution is -2.36. The summed E-state index contributed by atoms with van der Waals surface area (Å²) in [6.45, 7) is 5.35. The van der Waals surface area contributed by atoms with Gasteiger partial charge in [-0.1, -0.05) is 30.3 Å². The van der Waals surface area contributed by atoms with E-state index in [1.807, 2.05) is 13.0 Å². The Morgan fingerprint density at radius 1 is 1.03 bits per heavy atom. The van der Waals surface area contributed by atoms with Crippen LogP contribution in [0.25, 0.3) is 0 Å². The SMILES string of the molecule is Cc1ccc(C)c(S(=O)(=O)Nc2cccc(C(=O)NC(C)COc3ccccc3F)c2)c1. The maximum Gasteiger partial charge on any atom is 0.262 e. The van der Waals surface area contributed by atoms with Crippen molar-refractivity contribution in [2.24, 2.45) is 0 Å². The van der Waals surface area contributed by atoms with Gasteiger partial charge in [-0.2, -0.15) is 0 Å². The zero-order valence-electron chi connectivity index (χ0n) is 18.1. The van der Waals surface area contributed by atoms with Gasteiger partial charge in [0.1, 0.15) is 6.61 Å². The summed E-state index contributed by atoms with van der Waals surface area (Å²) in [4.78, 5) is 12.8. The highest BCUT2D eigenvalue weighted by Crippen LogP contribution is 2.21. The van der Waals surface area contributed by atoms with Crippen LogP contribution in [0.4, 0.5) is 10.1 Å². The minimum atomic E-state index is -3.81. The summed E-state index contributed by atoms with van der Waals surface area (Å²) < 4.78 is 47.2. The van der Waals surface area contributed by atoms with Crippen molar-refractivity contribution < 1.29 is 22.3 Å². The highest BCUT2D eigenvalue weighted by molar-refractivity contribution is 7.92. The molecule has 0 heterocycles. The molecule has 8 heteroatoms. The van der Waals surface area contributed by atoms with Crippen LogP contribution in [-0.2, 0) is 10.0 Å². The first-order chi connectivity index (χ1) is 15.2. The standard InChI is InChI=1S/C24H25FN2O4S/c1-16-11-12-17(2)23(13-16)32(29,30)27-20-8-6-7-19(14-20)24(28)26-18(3)15-31-22-10-5-4-9-21(22)25/h4-14,18,27H,15H2,1-3H3,(H,26,28). The molecule has 0 fully saturated rings. The van der Waals surface area contributed by atoms with Gasteiger partial charge in [0, 0.05) is 11.3 Å². The van der Waals surface area contributed by atoms with Crippen LogP contribution in [0.2, 0.25) is 0 Å². The van der Waals surface area contributed by atoms with Crippen molar-refractivity contribution in [3.8, 4) is 5.75 Å². The van der Waals surface area contributed by atoms with E-state index in [4.69, 9.17) is 4.74 Å². The van der Waals surface area contributed by atoms with Crippen molar-refractivity contribution >= 4 is 21.6 Å². The van der Waals surface area contributed by atoms with E-state index in [1.54, 1.807) is 56.3 Å². The number of halogens is 1. The predicted octanol–water partition coefficient (Wildman–Crippen LogP) is 4.44. The normalized spacial score (nSPS) is 12.1. The lowest BCUT2D eigenvalue weighted by molar-refractivity contribution is 0.0926. The summed E-state index contributed by atoms with van der Waals surface area (Å²) in [5.41, 5.74) is 2.01. The average Bonchev–Trinajstić information content (AvgIpc) is 2.74. The molecule has 1 amide bonds. The fourth-order valence-electron chi connectivity index (χ4n) is 3.06. The van der Waals surface area contributed by atoms with E-state index in [2.05, 4.69) is 10.0 Å². The number of rotatable bonds is 8. The molecule has 0 bridgehead atoms. The highest BCUT2D eigenvalue weighted by Gasteiger charge is 2.18. The van der Waals surface area contributed by atoms with Crippen molar-refractivity contribution in [3.63, 3.8) is 0 Å². The van der Waals surface area contributed by atoms with Gasteiger partial charge in [0.25, 0.3) is 15.9 Å². The molecule has 0 saturated heterocycles. The summed E-state index contributed by atoms with van der Waals surface area (Å²) in [6, 6.07) is 17.0. The number of benzene rings is 3. The van der Waals surface area contributed by atoms with Crippen molar-refractivity contribution in [1.29, 1.82) is 0 Å². The van der Waals surface area contributed by atoms with E-state index in [-0.39, 0.29) is 28.5 Å². The molecule has 0 aliphatic rings. The molecule has 2 N–H and O–H groups in total. The third kappa shape index (κ3) is 5.85. The van der Waals surface area contributed by atoms with E-state index >= 15 is 0 Å². The van der Waals surface area contributed by atoms with Crippen LogP contribution in [0.1, 0.15) is 28.4 Å². The Bertz CT molecular complexity index is 1230. The van der Waals surface area contributed by atoms with E-state index in [0.29, 0.717) is 5.56 Å². The van der Waals surface area contributed by atoms with Gasteiger partial charge in [-0.25, -0.2) is 12.8 Å². The van der Waals surface area contributed by atoms with Gasteiger partial charge in [-0.05, 0) is 68.3 Å². The largest absolute Gasteiger partial charge is 0.488 e. The summed E-state index contributed by atoms with van der Waals surface area (Å²) >= 11 is 0. The molecule has 0 radical (unpaired) electrons. The number of ether oxygens (including phenoxy) is 1. The molecule has 0 aromatic heterocycles. The van der Waals surface area contributed by atoms with E-state index in [1.165, 1.54) is 18.2 Å². The predicted molar refractivity (Wildman–Crippen MR) is 122 cm³/mol. The molecule has 6 nitrogen and oxygen atoms in total. The molecule has 3 rings (SSSR count). The Labute approximate surface area is 187 Å². The molecule has 168 valence electrons. The molecule has 3 aromatic rings. The minimum Gasteiger partial charge on any atom is -0.488 e. The number of amides is 1. The Balaban J connectivity index is 1.66. The number of hydrogen-bond acceptors (Lipinski definition) is 4. The summed E-state index contributed by atoms with van der Waals surface area (Å²) in [5, 5.41) is 2.76. The highest BCUT2D eigenvalue weighted by atomic mass is 32.2. The Morgan fingerprint density at radius 2 is 1.78 bits per heavy atom. The fraction of sp³-hybridized carbons (Fsp3) is 0.208. The van der Waals surface area contributed by atoms with Crippen LogP contribution < -0.4 is 14.8 Å². The fourth-order valence-corrected chi connectivity index (χ4v) is 4.44. The first-order valence-electron chi connectivity index (χ1n) is 10.0. The molecular weight excluding hydrogens is 431 g/mol. The molecule has 0 spiro atoms. The van der Waals surface area contributed by atoms with Gasteiger partial charge in [0.2, 0.25) is 0 Å². The third-order valence-electron chi connectivity index (χ3n) is 4.71. The van der Waals surface area contributed by atoms with Crippen LogP contribution in [-0.4, -0.2) is 27.0 Å². The number of carbonyl (C=O) groups is 1. The lowest BCUT2D eigenvalue weighted by Gasteiger charge is -2.16. The van der Waals surface area contributed by atoms with Crippen molar-refractivity contribution in [2.45, 2.75) is 31.7 Å². The zero-order chi connectivity index (χ0) is 23.3. The maximum atomic E-state index is 13.6. The monoisotopic (exact) mass is 456 g/mol. The van der Waals surface area contributed by atoms with Crippen LogP contribution >= 0.6 is 0 Å². The first-order valence-corrected chi connectivity index (χ1v) is 11.5. The van der Waals surface area contributed by atoms with Crippen molar-refractivity contribution in [1.82, 2.24) is 5.32 Å². The van der Waals surface area contributed by atoms with Crippen LogP contribution in [0, 0.1) is 19.7 Å². The lowest BCUT2D eigenvalue weighted by atomic mass is 10.2. The van der Waals surface area contributed by atoms with Gasteiger partial charge in [0.15, 0.2) is 11.6 Å². The van der Waals surface area contributed by atoms with Crippen molar-refractivity contribution in [3.05, 3.63) is 89.2 Å². The molecule has 0 aliphatic carbocycles. The summed E-state index contributed by atoms with van der Waals surface area (Å²) in [6.07, 6.45) is 0. The second-order valence-electron chi connectivity index (χ2n) is 7.57. The van der Waals surface area contributed by atoms with Crippen LogP contribution in [0.5, 0.6) is 5.75 Å². The van der Waals surface area contributed by atoms with Gasteiger partial charge >= 0.3 is 0 Å². The molecule has 32 heavy (non-hydrogen) atoms. The number of anilines is 1. The van der Waals surface area contributed by atoms with E-state index in [0.717, 1.165) is 5.56 Å².